The molecule has 0 radical (unpaired) electrons. The van der Waals surface area contributed by atoms with E-state index in [1.54, 1.807) is 17.1 Å². The zero-order chi connectivity index (χ0) is 21.5. The minimum atomic E-state index is -0.111. The van der Waals surface area contributed by atoms with E-state index in [1.165, 1.54) is 0 Å². The second-order valence-corrected chi connectivity index (χ2v) is 7.95. The van der Waals surface area contributed by atoms with Crippen LogP contribution in [0.2, 0.25) is 5.02 Å². The van der Waals surface area contributed by atoms with Crippen molar-refractivity contribution in [3.63, 3.8) is 0 Å². The van der Waals surface area contributed by atoms with Crippen molar-refractivity contribution in [2.45, 2.75) is 32.7 Å². The maximum absolute atomic E-state index is 12.5. The molecule has 3 rings (SSSR count). The van der Waals surface area contributed by atoms with Gasteiger partial charge in [-0.25, -0.2) is 0 Å². The van der Waals surface area contributed by atoms with Gasteiger partial charge in [-0.05, 0) is 61.6 Å². The van der Waals surface area contributed by atoms with Crippen molar-refractivity contribution in [2.75, 3.05) is 19.7 Å². The molecule has 2 amide bonds. The van der Waals surface area contributed by atoms with Crippen LogP contribution < -0.4 is 10.1 Å². The predicted molar refractivity (Wildman–Crippen MR) is 120 cm³/mol. The highest BCUT2D eigenvalue weighted by molar-refractivity contribution is 6.32. The second-order valence-electron chi connectivity index (χ2n) is 7.57. The Morgan fingerprint density at radius 2 is 1.77 bits per heavy atom. The maximum Gasteiger partial charge on any atom is 0.260 e. The lowest BCUT2D eigenvalue weighted by Crippen LogP contribution is -2.47. The fraction of sp³-hybridized carbons (Fsp3) is 0.333. The Labute approximate surface area is 182 Å². The van der Waals surface area contributed by atoms with E-state index in [0.29, 0.717) is 18.8 Å². The Bertz CT molecular complexity index is 896. The van der Waals surface area contributed by atoms with Crippen LogP contribution >= 0.6 is 11.6 Å². The lowest BCUT2D eigenvalue weighted by atomic mass is 10.0. The van der Waals surface area contributed by atoms with Gasteiger partial charge >= 0.3 is 0 Å². The first-order valence-electron chi connectivity index (χ1n) is 10.1. The molecule has 1 aliphatic rings. The summed E-state index contributed by atoms with van der Waals surface area (Å²) in [5.41, 5.74) is 2.84. The fourth-order valence-electron chi connectivity index (χ4n) is 3.48. The number of hydrogen-bond acceptors (Lipinski definition) is 3. The number of benzene rings is 2. The Balaban J connectivity index is 1.42. The van der Waals surface area contributed by atoms with E-state index < -0.39 is 0 Å². The zero-order valence-corrected chi connectivity index (χ0v) is 18.1. The van der Waals surface area contributed by atoms with Crippen LogP contribution in [0.4, 0.5) is 0 Å². The van der Waals surface area contributed by atoms with Gasteiger partial charge in [-0.15, -0.1) is 0 Å². The number of ether oxygens (including phenoxy) is 1. The minimum Gasteiger partial charge on any atom is -0.484 e. The first kappa shape index (κ1) is 21.9. The van der Waals surface area contributed by atoms with Crippen LogP contribution in [0, 0.1) is 13.8 Å². The number of nitrogens with one attached hydrogen (secondary N) is 1. The van der Waals surface area contributed by atoms with Gasteiger partial charge in [0.1, 0.15) is 5.75 Å². The third kappa shape index (κ3) is 6.10. The van der Waals surface area contributed by atoms with E-state index in [0.717, 1.165) is 34.6 Å². The van der Waals surface area contributed by atoms with Crippen molar-refractivity contribution < 1.29 is 14.3 Å². The summed E-state index contributed by atoms with van der Waals surface area (Å²) in [6, 6.07) is 13.5. The second kappa shape index (κ2) is 10.3. The number of piperidine rings is 1. The molecule has 1 aliphatic heterocycles. The van der Waals surface area contributed by atoms with Crippen LogP contribution in [0.1, 0.15) is 29.5 Å². The highest BCUT2D eigenvalue weighted by Gasteiger charge is 2.23. The molecule has 30 heavy (non-hydrogen) atoms. The Kier molecular flexibility index (Phi) is 7.52. The number of aryl methyl sites for hydroxylation is 2. The normalized spacial score (nSPS) is 14.7. The number of rotatable bonds is 6. The maximum atomic E-state index is 12.5. The van der Waals surface area contributed by atoms with Crippen LogP contribution in [-0.4, -0.2) is 42.5 Å². The van der Waals surface area contributed by atoms with Crippen molar-refractivity contribution in [1.82, 2.24) is 10.2 Å². The third-order valence-corrected chi connectivity index (χ3v) is 5.79. The Hall–Kier alpha value is -2.79. The summed E-state index contributed by atoms with van der Waals surface area (Å²) in [5, 5.41) is 3.74. The Morgan fingerprint density at radius 1 is 1.13 bits per heavy atom. The standard InChI is InChI=1S/C24H27ClN2O3/c1-17-14-21(15-18(2)24(17)25)30-16-23(29)27-12-10-20(11-13-27)26-22(28)9-8-19-6-4-3-5-7-19/h3-9,14-15,20H,10-13,16H2,1-2H3,(H,26,28)/b9-8+. The van der Waals surface area contributed by atoms with Gasteiger partial charge in [0.05, 0.1) is 0 Å². The van der Waals surface area contributed by atoms with Crippen LogP contribution in [0.25, 0.3) is 6.08 Å². The summed E-state index contributed by atoms with van der Waals surface area (Å²) in [6.45, 7) is 5.04. The molecule has 1 heterocycles. The molecule has 0 saturated carbocycles. The van der Waals surface area contributed by atoms with Gasteiger partial charge in [0, 0.05) is 30.2 Å². The summed E-state index contributed by atoms with van der Waals surface area (Å²) in [4.78, 5) is 26.4. The zero-order valence-electron chi connectivity index (χ0n) is 17.4. The molecular weight excluding hydrogens is 400 g/mol. The van der Waals surface area contributed by atoms with Crippen molar-refractivity contribution in [3.05, 3.63) is 70.3 Å². The molecule has 0 bridgehead atoms. The third-order valence-electron chi connectivity index (χ3n) is 5.19. The van der Waals surface area contributed by atoms with E-state index in [1.807, 2.05) is 56.3 Å². The molecule has 0 aliphatic carbocycles. The van der Waals surface area contributed by atoms with E-state index in [4.69, 9.17) is 16.3 Å². The van der Waals surface area contributed by atoms with Crippen molar-refractivity contribution in [1.29, 1.82) is 0 Å². The minimum absolute atomic E-state index is 0.00263. The summed E-state index contributed by atoms with van der Waals surface area (Å²) in [7, 11) is 0. The molecule has 0 spiro atoms. The van der Waals surface area contributed by atoms with Gasteiger partial charge in [0.15, 0.2) is 6.61 Å². The molecule has 0 atom stereocenters. The summed E-state index contributed by atoms with van der Waals surface area (Å²) < 4.78 is 5.67. The first-order chi connectivity index (χ1) is 14.4. The highest BCUT2D eigenvalue weighted by atomic mass is 35.5. The van der Waals surface area contributed by atoms with Crippen molar-refractivity contribution >= 4 is 29.5 Å². The number of carbonyl (C=O) groups is 2. The molecule has 0 aromatic heterocycles. The number of nitrogens with zero attached hydrogens (tertiary/aromatic N) is 1. The average molecular weight is 427 g/mol. The van der Waals surface area contributed by atoms with Crippen LogP contribution in [0.3, 0.4) is 0 Å². The Morgan fingerprint density at radius 3 is 2.40 bits per heavy atom. The van der Waals surface area contributed by atoms with Crippen LogP contribution in [-0.2, 0) is 9.59 Å². The van der Waals surface area contributed by atoms with Gasteiger partial charge in [-0.3, -0.25) is 9.59 Å². The van der Waals surface area contributed by atoms with Gasteiger partial charge < -0.3 is 15.0 Å². The summed E-state index contributed by atoms with van der Waals surface area (Å²) in [6.07, 6.45) is 4.81. The van der Waals surface area contributed by atoms with E-state index in [2.05, 4.69) is 5.32 Å². The van der Waals surface area contributed by atoms with E-state index >= 15 is 0 Å². The predicted octanol–water partition coefficient (Wildman–Crippen LogP) is 4.16. The molecule has 2 aromatic carbocycles. The summed E-state index contributed by atoms with van der Waals surface area (Å²) in [5.74, 6) is 0.490. The fourth-order valence-corrected chi connectivity index (χ4v) is 3.59. The smallest absolute Gasteiger partial charge is 0.260 e. The molecule has 1 fully saturated rings. The first-order valence-corrected chi connectivity index (χ1v) is 10.5. The number of hydrogen-bond donors (Lipinski definition) is 1. The van der Waals surface area contributed by atoms with Gasteiger partial charge in [-0.1, -0.05) is 41.9 Å². The van der Waals surface area contributed by atoms with Crippen molar-refractivity contribution in [3.8, 4) is 5.75 Å². The van der Waals surface area contributed by atoms with Gasteiger partial charge in [0.25, 0.3) is 5.91 Å². The SMILES string of the molecule is Cc1cc(OCC(=O)N2CCC(NC(=O)/C=C/c3ccccc3)CC2)cc(C)c1Cl. The lowest BCUT2D eigenvalue weighted by Gasteiger charge is -2.32. The molecule has 1 saturated heterocycles. The topological polar surface area (TPSA) is 58.6 Å². The molecule has 5 nitrogen and oxygen atoms in total. The molecule has 158 valence electrons. The number of likely N-dealkylation sites (tertiary alicyclic amines) is 1. The lowest BCUT2D eigenvalue weighted by molar-refractivity contribution is -0.134. The summed E-state index contributed by atoms with van der Waals surface area (Å²) >= 11 is 6.17. The van der Waals surface area contributed by atoms with Gasteiger partial charge in [-0.2, -0.15) is 0 Å². The highest BCUT2D eigenvalue weighted by Crippen LogP contribution is 2.26. The van der Waals surface area contributed by atoms with Crippen molar-refractivity contribution in [2.24, 2.45) is 0 Å². The number of carbonyl (C=O) groups excluding carboxylic acids is 2. The monoisotopic (exact) mass is 426 g/mol. The van der Waals surface area contributed by atoms with E-state index in [9.17, 15) is 9.59 Å². The average Bonchev–Trinajstić information content (AvgIpc) is 2.75. The molecule has 2 aromatic rings. The van der Waals surface area contributed by atoms with Gasteiger partial charge in [0.2, 0.25) is 5.91 Å². The largest absolute Gasteiger partial charge is 0.484 e. The van der Waals surface area contributed by atoms with Crippen LogP contribution in [0.15, 0.2) is 48.5 Å². The number of amides is 2. The quantitative estimate of drug-likeness (QED) is 0.705. The van der Waals surface area contributed by atoms with E-state index in [-0.39, 0.29) is 24.5 Å². The van der Waals surface area contributed by atoms with Crippen LogP contribution in [0.5, 0.6) is 5.75 Å². The molecule has 1 N–H and O–H groups in total. The number of halogens is 1. The molecular formula is C24H27ClN2O3. The molecule has 0 unspecified atom stereocenters. The molecule has 6 heteroatoms.